The first-order valence-corrected chi connectivity index (χ1v) is 9.72. The normalized spacial score (nSPS) is 12.2. The first-order chi connectivity index (χ1) is 13.9. The average Bonchev–Trinajstić information content (AvgIpc) is 3.33. The van der Waals surface area contributed by atoms with Crippen molar-refractivity contribution in [2.24, 2.45) is 0 Å². The average molecular weight is 404 g/mol. The number of anilines is 2. The van der Waals surface area contributed by atoms with Gasteiger partial charge in [0.05, 0.1) is 16.2 Å². The topological polar surface area (TPSA) is 92.3 Å². The van der Waals surface area contributed by atoms with Crippen LogP contribution in [-0.2, 0) is 11.2 Å². The number of carbonyl (C=O) groups excluding carboxylic acids is 4. The van der Waals surface area contributed by atoms with Crippen LogP contribution in [0, 0.1) is 0 Å². The molecule has 1 aliphatic heterocycles. The molecule has 2 amide bonds. The zero-order chi connectivity index (χ0) is 20.5. The summed E-state index contributed by atoms with van der Waals surface area (Å²) in [7, 11) is 0. The highest BCUT2D eigenvalue weighted by atomic mass is 32.1. The number of fused-ring (bicyclic) bond motifs is 1. The number of carbonyl (C=O) groups is 4. The van der Waals surface area contributed by atoms with Crippen molar-refractivity contribution >= 4 is 46.1 Å². The van der Waals surface area contributed by atoms with E-state index in [0.717, 1.165) is 16.9 Å². The number of ketones is 2. The zero-order valence-electron chi connectivity index (χ0n) is 15.4. The molecule has 1 aliphatic rings. The molecule has 2 N–H and O–H groups in total. The highest BCUT2D eigenvalue weighted by Gasteiger charge is 2.20. The molecule has 1 aromatic heterocycles. The number of rotatable bonds is 5. The van der Waals surface area contributed by atoms with Crippen molar-refractivity contribution in [1.29, 1.82) is 0 Å². The maximum atomic E-state index is 12.9. The summed E-state index contributed by atoms with van der Waals surface area (Å²) in [4.78, 5) is 49.1. The number of hydrogen-bond acceptors (Lipinski definition) is 5. The SMILES string of the molecule is CC(=O)c1ccc(C(=O)Nc2cccc(C(=O)c3ccc4c(c3)NC(=O)C4)c2)s1. The molecule has 4 rings (SSSR count). The summed E-state index contributed by atoms with van der Waals surface area (Å²) < 4.78 is 0. The number of benzene rings is 2. The highest BCUT2D eigenvalue weighted by molar-refractivity contribution is 7.16. The molecule has 0 bridgehead atoms. The van der Waals surface area contributed by atoms with Crippen LogP contribution in [0.15, 0.2) is 54.6 Å². The van der Waals surface area contributed by atoms with Gasteiger partial charge in [0, 0.05) is 22.5 Å². The molecule has 0 radical (unpaired) electrons. The second-order valence-corrected chi connectivity index (χ2v) is 7.76. The van der Waals surface area contributed by atoms with E-state index in [4.69, 9.17) is 0 Å². The van der Waals surface area contributed by atoms with Gasteiger partial charge < -0.3 is 10.6 Å². The molecule has 0 atom stereocenters. The van der Waals surface area contributed by atoms with E-state index in [9.17, 15) is 19.2 Å². The maximum absolute atomic E-state index is 12.9. The largest absolute Gasteiger partial charge is 0.326 e. The number of hydrogen-bond donors (Lipinski definition) is 2. The fraction of sp³-hybridized carbons (Fsp3) is 0.0909. The van der Waals surface area contributed by atoms with Gasteiger partial charge in [0.15, 0.2) is 11.6 Å². The minimum atomic E-state index is -0.340. The Kier molecular flexibility index (Phi) is 4.82. The van der Waals surface area contributed by atoms with Crippen LogP contribution in [0.25, 0.3) is 0 Å². The molecule has 144 valence electrons. The molecular weight excluding hydrogens is 388 g/mol. The first-order valence-electron chi connectivity index (χ1n) is 8.90. The molecule has 7 heteroatoms. The van der Waals surface area contributed by atoms with Gasteiger partial charge in [-0.2, -0.15) is 0 Å². The Labute approximate surface area is 170 Å². The van der Waals surface area contributed by atoms with E-state index >= 15 is 0 Å². The van der Waals surface area contributed by atoms with E-state index in [1.165, 1.54) is 6.92 Å². The third-order valence-electron chi connectivity index (χ3n) is 4.56. The van der Waals surface area contributed by atoms with Crippen LogP contribution >= 0.6 is 11.3 Å². The van der Waals surface area contributed by atoms with E-state index < -0.39 is 0 Å². The number of Topliss-reactive ketones (excluding diaryl/α,β-unsaturated/α-hetero) is 1. The van der Waals surface area contributed by atoms with Crippen molar-refractivity contribution in [2.45, 2.75) is 13.3 Å². The second-order valence-electron chi connectivity index (χ2n) is 6.68. The smallest absolute Gasteiger partial charge is 0.265 e. The molecule has 29 heavy (non-hydrogen) atoms. The minimum absolute atomic E-state index is 0.0872. The highest BCUT2D eigenvalue weighted by Crippen LogP contribution is 2.26. The van der Waals surface area contributed by atoms with Crippen LogP contribution in [-0.4, -0.2) is 23.4 Å². The summed E-state index contributed by atoms with van der Waals surface area (Å²) in [6, 6.07) is 15.0. The number of nitrogens with one attached hydrogen (secondary N) is 2. The summed E-state index contributed by atoms with van der Waals surface area (Å²) in [6.45, 7) is 1.45. The summed E-state index contributed by atoms with van der Waals surface area (Å²) in [5, 5.41) is 5.49. The van der Waals surface area contributed by atoms with Crippen LogP contribution in [0.5, 0.6) is 0 Å². The van der Waals surface area contributed by atoms with Crippen molar-refractivity contribution < 1.29 is 19.2 Å². The lowest BCUT2D eigenvalue weighted by molar-refractivity contribution is -0.115. The molecule has 0 saturated heterocycles. The van der Waals surface area contributed by atoms with Gasteiger partial charge in [-0.25, -0.2) is 0 Å². The Balaban J connectivity index is 1.53. The van der Waals surface area contributed by atoms with Crippen molar-refractivity contribution in [3.8, 4) is 0 Å². The van der Waals surface area contributed by atoms with Gasteiger partial charge >= 0.3 is 0 Å². The third kappa shape index (κ3) is 3.86. The molecule has 0 spiro atoms. The quantitative estimate of drug-likeness (QED) is 0.630. The summed E-state index contributed by atoms with van der Waals surface area (Å²) >= 11 is 1.12. The van der Waals surface area contributed by atoms with Gasteiger partial charge in [-0.15, -0.1) is 11.3 Å². The first kappa shape index (κ1) is 18.8. The lowest BCUT2D eigenvalue weighted by Gasteiger charge is -2.07. The van der Waals surface area contributed by atoms with Crippen molar-refractivity contribution in [2.75, 3.05) is 10.6 Å². The van der Waals surface area contributed by atoms with Crippen LogP contribution in [0.1, 0.15) is 47.8 Å². The molecule has 0 saturated carbocycles. The van der Waals surface area contributed by atoms with E-state index in [1.807, 2.05) is 0 Å². The van der Waals surface area contributed by atoms with Crippen molar-refractivity contribution in [3.63, 3.8) is 0 Å². The van der Waals surface area contributed by atoms with Crippen molar-refractivity contribution in [1.82, 2.24) is 0 Å². The Morgan fingerprint density at radius 3 is 2.48 bits per heavy atom. The minimum Gasteiger partial charge on any atom is -0.326 e. The molecule has 0 unspecified atom stereocenters. The number of thiophene rings is 1. The molecular formula is C22H16N2O4S. The van der Waals surface area contributed by atoms with E-state index in [-0.39, 0.29) is 23.4 Å². The Morgan fingerprint density at radius 2 is 1.72 bits per heavy atom. The van der Waals surface area contributed by atoms with Crippen molar-refractivity contribution in [3.05, 3.63) is 81.0 Å². The summed E-state index contributed by atoms with van der Waals surface area (Å²) in [5.41, 5.74) is 2.88. The molecule has 2 heterocycles. The van der Waals surface area contributed by atoms with E-state index in [1.54, 1.807) is 54.6 Å². The Morgan fingerprint density at radius 1 is 0.966 bits per heavy atom. The van der Waals surface area contributed by atoms with Crippen LogP contribution in [0.2, 0.25) is 0 Å². The predicted molar refractivity (Wildman–Crippen MR) is 111 cm³/mol. The molecule has 3 aromatic rings. The summed E-state index contributed by atoms with van der Waals surface area (Å²) in [5.74, 6) is -0.727. The zero-order valence-corrected chi connectivity index (χ0v) is 16.3. The molecule has 6 nitrogen and oxygen atoms in total. The summed E-state index contributed by atoms with van der Waals surface area (Å²) in [6.07, 6.45) is 0.319. The lowest BCUT2D eigenvalue weighted by atomic mass is 10.0. The van der Waals surface area contributed by atoms with Crippen LogP contribution < -0.4 is 10.6 Å². The third-order valence-corrected chi connectivity index (χ3v) is 5.74. The van der Waals surface area contributed by atoms with E-state index in [0.29, 0.717) is 38.7 Å². The fourth-order valence-corrected chi connectivity index (χ4v) is 3.90. The van der Waals surface area contributed by atoms with Crippen LogP contribution in [0.4, 0.5) is 11.4 Å². The number of amides is 2. The van der Waals surface area contributed by atoms with Crippen LogP contribution in [0.3, 0.4) is 0 Å². The maximum Gasteiger partial charge on any atom is 0.265 e. The Bertz CT molecular complexity index is 1180. The second kappa shape index (κ2) is 7.44. The van der Waals surface area contributed by atoms with Gasteiger partial charge in [0.2, 0.25) is 5.91 Å². The van der Waals surface area contributed by atoms with Gasteiger partial charge in [-0.3, -0.25) is 19.2 Å². The molecule has 2 aromatic carbocycles. The monoisotopic (exact) mass is 404 g/mol. The van der Waals surface area contributed by atoms with Gasteiger partial charge in [0.1, 0.15) is 0 Å². The lowest BCUT2D eigenvalue weighted by Crippen LogP contribution is -2.11. The standard InChI is InChI=1S/C22H16N2O4S/c1-12(25)18-7-8-19(29-18)22(28)23-16-4-2-3-14(9-16)21(27)15-6-5-13-11-20(26)24-17(13)10-15/h2-10H,11H2,1H3,(H,23,28)(H,24,26). The fourth-order valence-electron chi connectivity index (χ4n) is 3.10. The van der Waals surface area contributed by atoms with Gasteiger partial charge in [0.25, 0.3) is 5.91 Å². The van der Waals surface area contributed by atoms with Gasteiger partial charge in [-0.1, -0.05) is 24.3 Å². The van der Waals surface area contributed by atoms with E-state index in [2.05, 4.69) is 10.6 Å². The molecule has 0 aliphatic carbocycles. The molecule has 0 fully saturated rings. The van der Waals surface area contributed by atoms with Gasteiger partial charge in [-0.05, 0) is 42.8 Å². The predicted octanol–water partition coefficient (Wildman–Crippen LogP) is 3.93. The Hall–Kier alpha value is -3.58.